The van der Waals surface area contributed by atoms with Gasteiger partial charge in [0.05, 0.1) is 13.2 Å². The summed E-state index contributed by atoms with van der Waals surface area (Å²) in [6, 6.07) is 1.95. The maximum absolute atomic E-state index is 6.01. The Balaban J connectivity index is 3.41. The van der Waals surface area contributed by atoms with Crippen molar-refractivity contribution in [1.82, 2.24) is 0 Å². The molecule has 0 aliphatic heterocycles. The molecule has 0 saturated heterocycles. The SMILES string of the molecule is Clc1c(Br)cc(C(Br)Br)c(Br)c1Br. The monoisotopic (exact) mass is 516 g/mol. The summed E-state index contributed by atoms with van der Waals surface area (Å²) >= 11 is 23.1. The van der Waals surface area contributed by atoms with E-state index in [1.807, 2.05) is 6.07 Å². The van der Waals surface area contributed by atoms with Crippen LogP contribution in [0.25, 0.3) is 0 Å². The Morgan fingerprint density at radius 2 is 1.62 bits per heavy atom. The molecule has 0 N–H and O–H groups in total. The highest BCUT2D eigenvalue weighted by molar-refractivity contribution is 9.24. The molecule has 0 radical (unpaired) electrons. The average molecular weight is 521 g/mol. The third-order valence-electron chi connectivity index (χ3n) is 1.37. The summed E-state index contributed by atoms with van der Waals surface area (Å²) in [6.07, 6.45) is 0. The molecule has 0 fully saturated rings. The van der Waals surface area contributed by atoms with Crippen molar-refractivity contribution in [3.63, 3.8) is 0 Å². The largest absolute Gasteiger partial charge is 0.0958 e. The Hall–Kier alpha value is 1.91. The standard InChI is InChI=1S/C7H2Br5Cl/c8-3-1-2(7(11)12)4(9)5(10)6(3)13/h1,7H. The molecule has 1 aromatic carbocycles. The lowest BCUT2D eigenvalue weighted by atomic mass is 10.2. The van der Waals surface area contributed by atoms with Crippen molar-refractivity contribution < 1.29 is 0 Å². The lowest BCUT2D eigenvalue weighted by Crippen LogP contribution is -1.86. The summed E-state index contributed by atoms with van der Waals surface area (Å²) in [7, 11) is 0. The molecule has 0 nitrogen and oxygen atoms in total. The van der Waals surface area contributed by atoms with Crippen LogP contribution in [-0.4, -0.2) is 0 Å². The number of hydrogen-bond acceptors (Lipinski definition) is 0. The van der Waals surface area contributed by atoms with Crippen molar-refractivity contribution in [2.45, 2.75) is 3.74 Å². The van der Waals surface area contributed by atoms with Crippen LogP contribution in [0.3, 0.4) is 0 Å². The highest BCUT2D eigenvalue weighted by Crippen LogP contribution is 2.44. The molecular formula is C7H2Br5Cl. The summed E-state index contributed by atoms with van der Waals surface area (Å²) in [5.41, 5.74) is 1.07. The minimum Gasteiger partial charge on any atom is -0.0818 e. The van der Waals surface area contributed by atoms with Crippen LogP contribution in [0.4, 0.5) is 0 Å². The predicted octanol–water partition coefficient (Wildman–Crippen LogP) is 6.42. The molecule has 1 aromatic rings. The van der Waals surface area contributed by atoms with Gasteiger partial charge in [-0.2, -0.15) is 0 Å². The van der Waals surface area contributed by atoms with Gasteiger partial charge in [0.25, 0.3) is 0 Å². The van der Waals surface area contributed by atoms with Gasteiger partial charge in [0.2, 0.25) is 0 Å². The van der Waals surface area contributed by atoms with Crippen LogP contribution in [-0.2, 0) is 0 Å². The van der Waals surface area contributed by atoms with Crippen LogP contribution in [0, 0.1) is 0 Å². The molecule has 0 bridgehead atoms. The van der Waals surface area contributed by atoms with E-state index in [0.29, 0.717) is 5.02 Å². The molecule has 0 unspecified atom stereocenters. The van der Waals surface area contributed by atoms with Gasteiger partial charge in [0.1, 0.15) is 0 Å². The zero-order valence-corrected chi connectivity index (χ0v) is 14.6. The fraction of sp³-hybridized carbons (Fsp3) is 0.143. The molecule has 13 heavy (non-hydrogen) atoms. The van der Waals surface area contributed by atoms with Crippen LogP contribution < -0.4 is 0 Å². The van der Waals surface area contributed by atoms with Gasteiger partial charge in [0.15, 0.2) is 0 Å². The first-order valence-corrected chi connectivity index (χ1v) is 7.65. The smallest absolute Gasteiger partial charge is 0.0818 e. The normalized spacial score (nSPS) is 11.0. The van der Waals surface area contributed by atoms with Crippen molar-refractivity contribution in [2.75, 3.05) is 0 Å². The van der Waals surface area contributed by atoms with Crippen LogP contribution in [0.2, 0.25) is 5.02 Å². The molecule has 1 rings (SSSR count). The van der Waals surface area contributed by atoms with E-state index >= 15 is 0 Å². The Labute approximate surface area is 123 Å². The molecule has 0 heterocycles. The molecule has 0 aliphatic rings. The second-order valence-corrected chi connectivity index (χ2v) is 8.07. The van der Waals surface area contributed by atoms with Gasteiger partial charge >= 0.3 is 0 Å². The maximum Gasteiger partial charge on any atom is 0.0958 e. The fourth-order valence-electron chi connectivity index (χ4n) is 0.750. The van der Waals surface area contributed by atoms with Crippen molar-refractivity contribution in [3.05, 3.63) is 30.1 Å². The summed E-state index contributed by atoms with van der Waals surface area (Å²) in [5.74, 6) is 0. The average Bonchev–Trinajstić information content (AvgIpc) is 2.07. The van der Waals surface area contributed by atoms with Gasteiger partial charge in [-0.3, -0.25) is 0 Å². The molecule has 72 valence electrons. The van der Waals surface area contributed by atoms with E-state index < -0.39 is 0 Å². The predicted molar refractivity (Wildman–Crippen MR) is 75.1 cm³/mol. The van der Waals surface area contributed by atoms with E-state index in [9.17, 15) is 0 Å². The van der Waals surface area contributed by atoms with Gasteiger partial charge in [-0.15, -0.1) is 0 Å². The van der Waals surface area contributed by atoms with E-state index in [1.54, 1.807) is 0 Å². The Morgan fingerprint density at radius 1 is 1.08 bits per heavy atom. The lowest BCUT2D eigenvalue weighted by molar-refractivity contribution is 1.35. The Kier molecular flexibility index (Phi) is 5.29. The van der Waals surface area contributed by atoms with Gasteiger partial charge in [-0.25, -0.2) is 0 Å². The minimum absolute atomic E-state index is 0.0965. The molecule has 0 spiro atoms. The topological polar surface area (TPSA) is 0 Å². The molecule has 0 saturated carbocycles. The van der Waals surface area contributed by atoms with Gasteiger partial charge in [0, 0.05) is 8.95 Å². The van der Waals surface area contributed by atoms with Crippen molar-refractivity contribution in [2.24, 2.45) is 0 Å². The minimum atomic E-state index is 0.0965. The molecule has 0 aromatic heterocycles. The molecule has 0 amide bonds. The van der Waals surface area contributed by atoms with Crippen molar-refractivity contribution in [1.29, 1.82) is 0 Å². The molecule has 6 heteroatoms. The van der Waals surface area contributed by atoms with Crippen LogP contribution in [0.5, 0.6) is 0 Å². The van der Waals surface area contributed by atoms with E-state index in [0.717, 1.165) is 19.0 Å². The van der Waals surface area contributed by atoms with Crippen molar-refractivity contribution in [3.8, 4) is 0 Å². The van der Waals surface area contributed by atoms with E-state index in [-0.39, 0.29) is 3.74 Å². The third kappa shape index (κ3) is 2.94. The highest BCUT2D eigenvalue weighted by atomic mass is 79.9. The quantitative estimate of drug-likeness (QED) is 0.228. The van der Waals surface area contributed by atoms with Crippen molar-refractivity contribution >= 4 is 91.3 Å². The van der Waals surface area contributed by atoms with E-state index in [4.69, 9.17) is 11.6 Å². The van der Waals surface area contributed by atoms with Gasteiger partial charge in [-0.1, -0.05) is 43.5 Å². The Bertz CT molecular complexity index is 336. The first-order chi connectivity index (χ1) is 5.95. The zero-order chi connectivity index (χ0) is 10.2. The lowest BCUT2D eigenvalue weighted by Gasteiger charge is -2.10. The number of halogens is 6. The molecule has 0 atom stereocenters. The third-order valence-corrected chi connectivity index (χ3v) is 6.01. The first kappa shape index (κ1) is 13.0. The maximum atomic E-state index is 6.01. The number of hydrogen-bond donors (Lipinski definition) is 0. The number of rotatable bonds is 1. The number of alkyl halides is 2. The second kappa shape index (κ2) is 5.30. The fourth-order valence-corrected chi connectivity index (χ4v) is 4.04. The van der Waals surface area contributed by atoms with Crippen LogP contribution in [0.1, 0.15) is 9.30 Å². The summed E-state index contributed by atoms with van der Waals surface area (Å²) in [4.78, 5) is 0. The van der Waals surface area contributed by atoms with E-state index in [1.165, 1.54) is 0 Å². The summed E-state index contributed by atoms with van der Waals surface area (Å²) < 4.78 is 2.75. The van der Waals surface area contributed by atoms with Crippen LogP contribution >= 0.6 is 91.3 Å². The van der Waals surface area contributed by atoms with Gasteiger partial charge in [-0.05, 0) is 59.4 Å². The Morgan fingerprint density at radius 3 is 2.08 bits per heavy atom. The first-order valence-electron chi connectivity index (χ1n) is 3.06. The zero-order valence-electron chi connectivity index (χ0n) is 5.92. The van der Waals surface area contributed by atoms with Crippen LogP contribution in [0.15, 0.2) is 19.5 Å². The van der Waals surface area contributed by atoms with Gasteiger partial charge < -0.3 is 0 Å². The number of benzene rings is 1. The molecular weight excluding hydrogens is 519 g/mol. The summed E-state index contributed by atoms with van der Waals surface area (Å²) in [6.45, 7) is 0. The van der Waals surface area contributed by atoms with E-state index in [2.05, 4.69) is 79.6 Å². The summed E-state index contributed by atoms with van der Waals surface area (Å²) in [5, 5.41) is 0.663. The second-order valence-electron chi connectivity index (χ2n) is 2.19. The highest BCUT2D eigenvalue weighted by Gasteiger charge is 2.15. The molecule has 0 aliphatic carbocycles.